The molecule has 4 fully saturated rings. The Morgan fingerprint density at radius 3 is 2.43 bits per heavy atom. The molecule has 4 rings (SSSR count). The summed E-state index contributed by atoms with van der Waals surface area (Å²) in [5.74, 6) is 2.58. The third-order valence-electron chi connectivity index (χ3n) is 12.0. The standard InChI is InChI=1S/C30H50O5/c1-18(8-9-19(2)27(4,5)35-20(3)31)23-10-11-24-22-16-26(33)30(34)17-21(32)12-15-29(30,7)25(22)13-14-28(23,24)6/h18-19,21-25,32,34H,8-17H2,1-7H3. The third kappa shape index (κ3) is 4.31. The highest BCUT2D eigenvalue weighted by atomic mass is 16.6. The number of rotatable bonds is 6. The molecule has 4 aliphatic rings. The van der Waals surface area contributed by atoms with Crippen molar-refractivity contribution in [2.45, 2.75) is 130 Å². The second-order valence-corrected chi connectivity index (χ2v) is 14.1. The van der Waals surface area contributed by atoms with E-state index in [2.05, 4.69) is 27.7 Å². The van der Waals surface area contributed by atoms with Crippen LogP contribution in [0.2, 0.25) is 0 Å². The second kappa shape index (κ2) is 9.11. The average Bonchev–Trinajstić information content (AvgIpc) is 3.10. The molecule has 0 saturated heterocycles. The van der Waals surface area contributed by atoms with Gasteiger partial charge in [0.25, 0.3) is 0 Å². The van der Waals surface area contributed by atoms with Crippen LogP contribution in [-0.4, -0.2) is 39.3 Å². The van der Waals surface area contributed by atoms with Gasteiger partial charge in [-0.2, -0.15) is 0 Å². The van der Waals surface area contributed by atoms with E-state index in [1.165, 1.54) is 26.2 Å². The predicted molar refractivity (Wildman–Crippen MR) is 136 cm³/mol. The van der Waals surface area contributed by atoms with Gasteiger partial charge in [0.15, 0.2) is 5.78 Å². The van der Waals surface area contributed by atoms with Crippen LogP contribution in [0.1, 0.15) is 113 Å². The maximum absolute atomic E-state index is 13.4. The summed E-state index contributed by atoms with van der Waals surface area (Å²) in [6, 6.07) is 0. The first-order valence-electron chi connectivity index (χ1n) is 14.3. The van der Waals surface area contributed by atoms with Crippen molar-refractivity contribution in [1.82, 2.24) is 0 Å². The Hall–Kier alpha value is -0.940. The van der Waals surface area contributed by atoms with Gasteiger partial charge in [0.1, 0.15) is 11.2 Å². The van der Waals surface area contributed by atoms with Crippen LogP contribution < -0.4 is 0 Å². The van der Waals surface area contributed by atoms with Crippen LogP contribution in [0, 0.1) is 46.3 Å². The van der Waals surface area contributed by atoms with Gasteiger partial charge in [-0.3, -0.25) is 9.59 Å². The first kappa shape index (κ1) is 27.1. The molecule has 5 nitrogen and oxygen atoms in total. The van der Waals surface area contributed by atoms with Crippen LogP contribution >= 0.6 is 0 Å². The Bertz CT molecular complexity index is 837. The van der Waals surface area contributed by atoms with E-state index in [0.29, 0.717) is 48.3 Å². The highest BCUT2D eigenvalue weighted by Crippen LogP contribution is 2.68. The van der Waals surface area contributed by atoms with Gasteiger partial charge in [0.2, 0.25) is 0 Å². The van der Waals surface area contributed by atoms with Crippen LogP contribution in [0.4, 0.5) is 0 Å². The van der Waals surface area contributed by atoms with Crippen LogP contribution in [0.15, 0.2) is 0 Å². The van der Waals surface area contributed by atoms with E-state index in [9.17, 15) is 19.8 Å². The molecule has 0 aromatic heterocycles. The molecule has 0 bridgehead atoms. The molecule has 35 heavy (non-hydrogen) atoms. The topological polar surface area (TPSA) is 83.8 Å². The van der Waals surface area contributed by atoms with E-state index < -0.39 is 22.7 Å². The van der Waals surface area contributed by atoms with Crippen molar-refractivity contribution in [1.29, 1.82) is 0 Å². The summed E-state index contributed by atoms with van der Waals surface area (Å²) in [5, 5.41) is 21.8. The number of aliphatic hydroxyl groups excluding tert-OH is 1. The number of fused-ring (bicyclic) bond motifs is 5. The monoisotopic (exact) mass is 490 g/mol. The fourth-order valence-corrected chi connectivity index (χ4v) is 9.53. The number of carbonyl (C=O) groups excluding carboxylic acids is 2. The van der Waals surface area contributed by atoms with Crippen molar-refractivity contribution in [3.63, 3.8) is 0 Å². The Morgan fingerprint density at radius 2 is 1.77 bits per heavy atom. The molecule has 2 N–H and O–H groups in total. The van der Waals surface area contributed by atoms with E-state index in [4.69, 9.17) is 4.74 Å². The minimum atomic E-state index is -1.35. The number of ketones is 1. The summed E-state index contributed by atoms with van der Waals surface area (Å²) < 4.78 is 5.59. The second-order valence-electron chi connectivity index (χ2n) is 14.1. The van der Waals surface area contributed by atoms with Crippen LogP contribution in [0.5, 0.6) is 0 Å². The van der Waals surface area contributed by atoms with E-state index in [0.717, 1.165) is 25.7 Å². The molecule has 0 aliphatic heterocycles. The van der Waals surface area contributed by atoms with Crippen molar-refractivity contribution < 1.29 is 24.5 Å². The van der Waals surface area contributed by atoms with Crippen molar-refractivity contribution >= 4 is 11.8 Å². The van der Waals surface area contributed by atoms with Gasteiger partial charge in [-0.15, -0.1) is 0 Å². The minimum absolute atomic E-state index is 0.0118. The van der Waals surface area contributed by atoms with Gasteiger partial charge in [-0.1, -0.05) is 34.1 Å². The third-order valence-corrected chi connectivity index (χ3v) is 12.0. The lowest BCUT2D eigenvalue weighted by atomic mass is 9.42. The van der Waals surface area contributed by atoms with Gasteiger partial charge >= 0.3 is 5.97 Å². The molecular formula is C30H50O5. The highest BCUT2D eigenvalue weighted by molar-refractivity contribution is 5.89. The largest absolute Gasteiger partial charge is 0.460 e. The lowest BCUT2D eigenvalue weighted by molar-refractivity contribution is -0.213. The summed E-state index contributed by atoms with van der Waals surface area (Å²) in [6.45, 7) is 14.8. The van der Waals surface area contributed by atoms with Gasteiger partial charge < -0.3 is 14.9 Å². The van der Waals surface area contributed by atoms with Gasteiger partial charge in [-0.05, 0) is 99.7 Å². The average molecular weight is 491 g/mol. The highest BCUT2D eigenvalue weighted by Gasteiger charge is 2.67. The number of hydrogen-bond donors (Lipinski definition) is 2. The molecule has 4 saturated carbocycles. The van der Waals surface area contributed by atoms with Crippen molar-refractivity contribution in [3.8, 4) is 0 Å². The van der Waals surface area contributed by atoms with Crippen molar-refractivity contribution in [2.24, 2.45) is 46.3 Å². The summed E-state index contributed by atoms with van der Waals surface area (Å²) in [5.41, 5.74) is -1.96. The zero-order chi connectivity index (χ0) is 26.0. The first-order valence-corrected chi connectivity index (χ1v) is 14.3. The van der Waals surface area contributed by atoms with E-state index >= 15 is 0 Å². The Labute approximate surface area is 212 Å². The number of ether oxygens (including phenoxy) is 1. The molecule has 4 aliphatic carbocycles. The lowest BCUT2D eigenvalue weighted by Crippen LogP contribution is -2.67. The predicted octanol–water partition coefficient (Wildman–Crippen LogP) is 5.69. The number of esters is 1. The molecule has 5 heteroatoms. The molecule has 0 aromatic rings. The molecule has 200 valence electrons. The van der Waals surface area contributed by atoms with E-state index in [-0.39, 0.29) is 23.6 Å². The maximum atomic E-state index is 13.4. The van der Waals surface area contributed by atoms with Crippen LogP contribution in [-0.2, 0) is 14.3 Å². The zero-order valence-corrected chi connectivity index (χ0v) is 23.2. The van der Waals surface area contributed by atoms with Gasteiger partial charge in [0, 0.05) is 25.2 Å². The molecule has 0 amide bonds. The molecule has 10 unspecified atom stereocenters. The maximum Gasteiger partial charge on any atom is 0.303 e. The SMILES string of the molecule is CC(=O)OC(C)(C)C(C)CCC(C)C1CCC2C3CC(=O)C4(O)CC(O)CCC4(C)C3CCC12C. The Morgan fingerprint density at radius 1 is 1.09 bits per heavy atom. The minimum Gasteiger partial charge on any atom is -0.460 e. The normalized spacial score (nSPS) is 45.2. The summed E-state index contributed by atoms with van der Waals surface area (Å²) in [4.78, 5) is 24.9. The summed E-state index contributed by atoms with van der Waals surface area (Å²) >= 11 is 0. The smallest absolute Gasteiger partial charge is 0.303 e. The van der Waals surface area contributed by atoms with Crippen molar-refractivity contribution in [2.75, 3.05) is 0 Å². The molecule has 0 radical (unpaired) electrons. The zero-order valence-electron chi connectivity index (χ0n) is 23.2. The summed E-state index contributed by atoms with van der Waals surface area (Å²) in [7, 11) is 0. The van der Waals surface area contributed by atoms with E-state index in [1.807, 2.05) is 13.8 Å². The Balaban J connectivity index is 1.47. The first-order chi connectivity index (χ1) is 16.2. The number of aliphatic hydroxyl groups is 2. The van der Waals surface area contributed by atoms with Crippen LogP contribution in [0.3, 0.4) is 0 Å². The quantitative estimate of drug-likeness (QED) is 0.467. The van der Waals surface area contributed by atoms with Crippen LogP contribution in [0.25, 0.3) is 0 Å². The number of carbonyl (C=O) groups is 2. The fraction of sp³-hybridized carbons (Fsp3) is 0.933. The molecule has 10 atom stereocenters. The molecule has 0 heterocycles. The van der Waals surface area contributed by atoms with Gasteiger partial charge in [0.05, 0.1) is 6.10 Å². The lowest BCUT2D eigenvalue weighted by Gasteiger charge is -2.63. The molecule has 0 spiro atoms. The number of Topliss-reactive ketones (excluding diaryl/α,β-unsaturated/α-hetero) is 1. The Kier molecular flexibility index (Phi) is 7.06. The molecular weight excluding hydrogens is 440 g/mol. The number of hydrogen-bond acceptors (Lipinski definition) is 5. The summed E-state index contributed by atoms with van der Waals surface area (Å²) in [6.07, 6.45) is 8.41. The van der Waals surface area contributed by atoms with Crippen molar-refractivity contribution in [3.05, 3.63) is 0 Å². The fourth-order valence-electron chi connectivity index (χ4n) is 9.53. The van der Waals surface area contributed by atoms with Gasteiger partial charge in [-0.25, -0.2) is 0 Å². The van der Waals surface area contributed by atoms with E-state index in [1.54, 1.807) is 0 Å². The molecule has 0 aromatic carbocycles.